The molecule has 0 amide bonds. The van der Waals surface area contributed by atoms with Crippen LogP contribution in [0.5, 0.6) is 0 Å². The van der Waals surface area contributed by atoms with Gasteiger partial charge in [-0.15, -0.1) is 0 Å². The molecule has 23 heavy (non-hydrogen) atoms. The Kier molecular flexibility index (Phi) is 4.68. The first-order chi connectivity index (χ1) is 11.1. The maximum absolute atomic E-state index is 12.1. The predicted molar refractivity (Wildman–Crippen MR) is 89.0 cm³/mol. The number of carbonyl (C=O) groups is 1. The van der Waals surface area contributed by atoms with E-state index in [2.05, 4.69) is 4.90 Å². The average molecular weight is 320 g/mol. The van der Waals surface area contributed by atoms with Gasteiger partial charge in [0.1, 0.15) is 11.4 Å². The number of hydrogen-bond acceptors (Lipinski definition) is 6. The van der Waals surface area contributed by atoms with Crippen molar-refractivity contribution < 1.29 is 9.53 Å². The number of nitrogens with zero attached hydrogens (tertiary/aromatic N) is 2. The zero-order valence-electron chi connectivity index (χ0n) is 13.7. The predicted octanol–water partition coefficient (Wildman–Crippen LogP) is 1.05. The highest BCUT2D eigenvalue weighted by molar-refractivity contribution is 5.78. The summed E-state index contributed by atoms with van der Waals surface area (Å²) < 4.78 is 5.11. The van der Waals surface area contributed by atoms with Gasteiger partial charge >= 0.3 is 5.97 Å². The van der Waals surface area contributed by atoms with Gasteiger partial charge in [0, 0.05) is 26.2 Å². The minimum atomic E-state index is -0.393. The van der Waals surface area contributed by atoms with Gasteiger partial charge in [0.2, 0.25) is 0 Å². The van der Waals surface area contributed by atoms with Crippen LogP contribution in [0.15, 0.2) is 9.59 Å². The van der Waals surface area contributed by atoms with E-state index in [4.69, 9.17) is 4.74 Å². The molecule has 2 saturated heterocycles. The standard InChI is InChI=1S/C17H24N2O4/c1-2-23-17(22)12-7-6-10-19(11-12)14-13(15(20)16(14)21)18-8-4-3-5-9-18/h12H,2-11H2,1H3. The van der Waals surface area contributed by atoms with Crippen LogP contribution >= 0.6 is 0 Å². The third-order valence-electron chi connectivity index (χ3n) is 4.89. The molecule has 126 valence electrons. The summed E-state index contributed by atoms with van der Waals surface area (Å²) in [6.45, 7) is 5.05. The van der Waals surface area contributed by atoms with Gasteiger partial charge in [0.05, 0.1) is 12.5 Å². The van der Waals surface area contributed by atoms with E-state index in [1.54, 1.807) is 6.92 Å². The summed E-state index contributed by atoms with van der Waals surface area (Å²) in [7, 11) is 0. The van der Waals surface area contributed by atoms with Crippen molar-refractivity contribution in [1.29, 1.82) is 0 Å². The lowest BCUT2D eigenvalue weighted by Crippen LogP contribution is -2.50. The molecule has 1 atom stereocenters. The molecule has 2 fully saturated rings. The lowest BCUT2D eigenvalue weighted by molar-refractivity contribution is -0.148. The molecule has 3 rings (SSSR count). The summed E-state index contributed by atoms with van der Waals surface area (Å²) in [5.41, 5.74) is 0.361. The Bertz CT molecular complexity index is 641. The number of carbonyl (C=O) groups excluding carboxylic acids is 1. The molecule has 1 unspecified atom stereocenters. The molecule has 0 radical (unpaired) electrons. The number of esters is 1. The Hall–Kier alpha value is -1.85. The topological polar surface area (TPSA) is 66.9 Å². The van der Waals surface area contributed by atoms with Gasteiger partial charge in [-0.1, -0.05) is 0 Å². The van der Waals surface area contributed by atoms with Crippen LogP contribution in [-0.4, -0.2) is 38.8 Å². The normalized spacial score (nSPS) is 22.4. The maximum Gasteiger partial charge on any atom is 0.310 e. The Balaban J connectivity index is 1.79. The van der Waals surface area contributed by atoms with E-state index >= 15 is 0 Å². The Morgan fingerprint density at radius 3 is 2.26 bits per heavy atom. The van der Waals surface area contributed by atoms with E-state index in [9.17, 15) is 14.4 Å². The zero-order chi connectivity index (χ0) is 16.4. The van der Waals surface area contributed by atoms with E-state index in [0.29, 0.717) is 24.5 Å². The van der Waals surface area contributed by atoms with Gasteiger partial charge in [-0.25, -0.2) is 0 Å². The van der Waals surface area contributed by atoms with Crippen molar-refractivity contribution in [1.82, 2.24) is 0 Å². The molecule has 0 aliphatic carbocycles. The zero-order valence-corrected chi connectivity index (χ0v) is 13.7. The van der Waals surface area contributed by atoms with Gasteiger partial charge in [-0.05, 0) is 39.0 Å². The van der Waals surface area contributed by atoms with E-state index in [1.165, 1.54) is 6.42 Å². The highest BCUT2D eigenvalue weighted by atomic mass is 16.5. The van der Waals surface area contributed by atoms with Crippen LogP contribution in [0, 0.1) is 5.92 Å². The summed E-state index contributed by atoms with van der Waals surface area (Å²) in [6.07, 6.45) is 4.91. The molecule has 0 saturated carbocycles. The quantitative estimate of drug-likeness (QED) is 0.610. The van der Waals surface area contributed by atoms with Gasteiger partial charge in [0.25, 0.3) is 10.9 Å². The fourth-order valence-electron chi connectivity index (χ4n) is 3.70. The molecule has 0 bridgehead atoms. The lowest BCUT2D eigenvalue weighted by Gasteiger charge is -2.38. The fraction of sp³-hybridized carbons (Fsp3) is 0.706. The highest BCUT2D eigenvalue weighted by Crippen LogP contribution is 2.30. The first-order valence-electron chi connectivity index (χ1n) is 8.63. The number of hydrogen-bond donors (Lipinski definition) is 0. The minimum Gasteiger partial charge on any atom is -0.466 e. The molecule has 0 aromatic heterocycles. The van der Waals surface area contributed by atoms with Crippen LogP contribution in [0.3, 0.4) is 0 Å². The molecule has 0 N–H and O–H groups in total. The van der Waals surface area contributed by atoms with E-state index in [-0.39, 0.29) is 17.3 Å². The van der Waals surface area contributed by atoms with Gasteiger partial charge in [0.15, 0.2) is 0 Å². The first-order valence-corrected chi connectivity index (χ1v) is 8.63. The second-order valence-electron chi connectivity index (χ2n) is 6.44. The molecule has 2 aliphatic heterocycles. The van der Waals surface area contributed by atoms with Crippen molar-refractivity contribution >= 4 is 17.3 Å². The molecule has 1 aromatic rings. The summed E-state index contributed by atoms with van der Waals surface area (Å²) in [6, 6.07) is 0. The van der Waals surface area contributed by atoms with E-state index < -0.39 is 5.43 Å². The van der Waals surface area contributed by atoms with Crippen LogP contribution < -0.4 is 20.7 Å². The van der Waals surface area contributed by atoms with Gasteiger partial charge in [-0.2, -0.15) is 0 Å². The number of ether oxygens (including phenoxy) is 1. The average Bonchev–Trinajstić information content (AvgIpc) is 2.59. The second-order valence-corrected chi connectivity index (χ2v) is 6.44. The highest BCUT2D eigenvalue weighted by Gasteiger charge is 2.34. The molecular weight excluding hydrogens is 296 g/mol. The summed E-state index contributed by atoms with van der Waals surface area (Å²) in [4.78, 5) is 40.1. The monoisotopic (exact) mass is 320 g/mol. The lowest BCUT2D eigenvalue weighted by atomic mass is 9.96. The molecule has 6 nitrogen and oxygen atoms in total. The van der Waals surface area contributed by atoms with Crippen molar-refractivity contribution in [2.24, 2.45) is 5.92 Å². The smallest absolute Gasteiger partial charge is 0.310 e. The molecule has 6 heteroatoms. The van der Waals surface area contributed by atoms with E-state index in [1.807, 2.05) is 4.90 Å². The van der Waals surface area contributed by atoms with Crippen molar-refractivity contribution in [2.75, 3.05) is 42.6 Å². The Morgan fingerprint density at radius 1 is 1.00 bits per heavy atom. The second kappa shape index (κ2) is 6.72. The van der Waals surface area contributed by atoms with Crippen molar-refractivity contribution in [3.05, 3.63) is 20.4 Å². The largest absolute Gasteiger partial charge is 0.466 e. The number of anilines is 2. The molecular formula is C17H24N2O4. The minimum absolute atomic E-state index is 0.199. The van der Waals surface area contributed by atoms with Gasteiger partial charge in [-0.3, -0.25) is 14.4 Å². The third kappa shape index (κ3) is 2.99. The van der Waals surface area contributed by atoms with Crippen LogP contribution in [0.25, 0.3) is 0 Å². The summed E-state index contributed by atoms with van der Waals surface area (Å²) in [5.74, 6) is -0.405. The van der Waals surface area contributed by atoms with Crippen molar-refractivity contribution in [3.8, 4) is 0 Å². The molecule has 1 aromatic carbocycles. The van der Waals surface area contributed by atoms with Crippen LogP contribution in [0.4, 0.5) is 11.4 Å². The van der Waals surface area contributed by atoms with Gasteiger partial charge < -0.3 is 14.5 Å². The SMILES string of the molecule is CCOC(=O)C1CCCN(c2c(N3CCCCC3)c(=O)c2=O)C1. The maximum atomic E-state index is 12.1. The Labute approximate surface area is 135 Å². The first kappa shape index (κ1) is 16.0. The van der Waals surface area contributed by atoms with E-state index in [0.717, 1.165) is 45.3 Å². The summed E-state index contributed by atoms with van der Waals surface area (Å²) in [5, 5.41) is 0. The van der Waals surface area contributed by atoms with Crippen LogP contribution in [-0.2, 0) is 9.53 Å². The molecule has 0 spiro atoms. The van der Waals surface area contributed by atoms with Crippen LogP contribution in [0.1, 0.15) is 39.0 Å². The van der Waals surface area contributed by atoms with Crippen molar-refractivity contribution in [3.63, 3.8) is 0 Å². The number of rotatable bonds is 4. The van der Waals surface area contributed by atoms with Crippen LogP contribution in [0.2, 0.25) is 0 Å². The Morgan fingerprint density at radius 2 is 1.61 bits per heavy atom. The third-order valence-corrected chi connectivity index (χ3v) is 4.89. The summed E-state index contributed by atoms with van der Waals surface area (Å²) >= 11 is 0. The van der Waals surface area contributed by atoms with Crippen molar-refractivity contribution in [2.45, 2.75) is 39.0 Å². The molecule has 2 heterocycles. The number of piperidine rings is 2. The molecule has 2 aliphatic rings. The fourth-order valence-corrected chi connectivity index (χ4v) is 3.70.